The quantitative estimate of drug-likeness (QED) is 0.127. The van der Waals surface area contributed by atoms with E-state index in [2.05, 4.69) is 119 Å². The Kier molecular flexibility index (Phi) is 69.8. The lowest BCUT2D eigenvalue weighted by molar-refractivity contribution is 0.525. The predicted molar refractivity (Wildman–Crippen MR) is 379 cm³/mol. The Labute approximate surface area is 560 Å². The average molecular weight is 1340 g/mol. The molecule has 0 saturated carbocycles. The number of nitrogens with zero attached hydrogens (tertiary/aromatic N) is 20. The molecule has 12 heterocycles. The molecular formula is C62H109N23O2S4. The van der Waals surface area contributed by atoms with Gasteiger partial charge >= 0.3 is 0 Å². The van der Waals surface area contributed by atoms with E-state index in [9.17, 15) is 0 Å². The summed E-state index contributed by atoms with van der Waals surface area (Å²) in [4.78, 5) is 38.6. The number of aromatic amines is 3. The molecule has 0 atom stereocenters. The average Bonchev–Trinajstić information content (AvgIpc) is 4.53. The van der Waals surface area contributed by atoms with Gasteiger partial charge in [0, 0.05) is 53.8 Å². The lowest BCUT2D eigenvalue weighted by atomic mass is 10.4. The van der Waals surface area contributed by atoms with E-state index in [1.165, 1.54) is 50.4 Å². The van der Waals surface area contributed by atoms with Crippen molar-refractivity contribution < 1.29 is 8.83 Å². The van der Waals surface area contributed by atoms with Crippen LogP contribution in [0.5, 0.6) is 0 Å². The second kappa shape index (κ2) is 67.6. The van der Waals surface area contributed by atoms with Crippen molar-refractivity contribution in [1.82, 2.24) is 114 Å². The Morgan fingerprint density at radius 1 is 0.462 bits per heavy atom. The number of aromatic nitrogens is 23. The molecule has 29 heteroatoms. The molecule has 508 valence electrons. The van der Waals surface area contributed by atoms with E-state index in [0.717, 1.165) is 78.7 Å². The van der Waals surface area contributed by atoms with Crippen molar-refractivity contribution in [2.24, 2.45) is 14.1 Å². The van der Waals surface area contributed by atoms with Gasteiger partial charge in [0.2, 0.25) is 0 Å². The number of oxazole rings is 2. The van der Waals surface area contributed by atoms with Crippen molar-refractivity contribution in [3.63, 3.8) is 0 Å². The maximum Gasteiger partial charge on any atom is 0.181 e. The Bertz CT molecular complexity index is 2710. The molecule has 0 radical (unpaired) electrons. The van der Waals surface area contributed by atoms with Crippen LogP contribution in [0.3, 0.4) is 0 Å². The largest absolute Gasteiger partial charge is 0.449 e. The van der Waals surface area contributed by atoms with Crippen LogP contribution in [0.15, 0.2) is 107 Å². The number of rotatable bonds is 0. The standard InChI is InChI=1S/C6H7N.2C5H7NO.2C5H7NS.2C4H6N2S.C4H6N2.4C3H5N3.6C2H6/c1-6-4-2-3-5-7-6;4*1-4-5(2)7-3-6-4;2*1-3-5-4(2)7-6-3;1-4-2-5-3-6-4;1-6-3-2-4-5-6;1-6-4-2-3-5-6;2*1-3-2-4-6-5-3;6*1-2/h2-5H,1H3;4*3H,1-2H3;2*1-2H3;2-3H,1H3,(H,5,6);2*2-3H,1H3;2*2H,1H3,(H,4,5,6);6*1-2H3. The van der Waals surface area contributed by atoms with Gasteiger partial charge in [0.15, 0.2) is 12.8 Å². The van der Waals surface area contributed by atoms with E-state index in [4.69, 9.17) is 8.83 Å². The van der Waals surface area contributed by atoms with Crippen LogP contribution in [0.4, 0.5) is 0 Å². The van der Waals surface area contributed by atoms with Crippen molar-refractivity contribution in [2.75, 3.05) is 0 Å². The third kappa shape index (κ3) is 60.4. The van der Waals surface area contributed by atoms with Gasteiger partial charge in [-0.05, 0) is 146 Å². The first-order valence-electron chi connectivity index (χ1n) is 29.7. The molecule has 12 rings (SSSR count). The highest BCUT2D eigenvalue weighted by Crippen LogP contribution is 2.09. The molecule has 0 bridgehead atoms. The van der Waals surface area contributed by atoms with Crippen LogP contribution < -0.4 is 0 Å². The molecule has 0 unspecified atom stereocenters. The molecule has 25 nitrogen and oxygen atoms in total. The third-order valence-electron chi connectivity index (χ3n) is 8.79. The minimum Gasteiger partial charge on any atom is -0.449 e. The van der Waals surface area contributed by atoms with Crippen molar-refractivity contribution in [3.05, 3.63) is 186 Å². The fourth-order valence-corrected chi connectivity index (χ4v) is 6.23. The molecule has 12 aromatic heterocycles. The van der Waals surface area contributed by atoms with Crippen LogP contribution >= 0.6 is 45.7 Å². The molecule has 12 aromatic rings. The van der Waals surface area contributed by atoms with Gasteiger partial charge in [-0.3, -0.25) is 9.67 Å². The minimum absolute atomic E-state index is 0.877. The van der Waals surface area contributed by atoms with Gasteiger partial charge in [-0.2, -0.15) is 54.6 Å². The van der Waals surface area contributed by atoms with E-state index in [-0.39, 0.29) is 0 Å². The monoisotopic (exact) mass is 1340 g/mol. The first-order chi connectivity index (χ1) is 43.7. The second-order valence-electron chi connectivity index (χ2n) is 15.7. The Morgan fingerprint density at radius 3 is 0.989 bits per heavy atom. The maximum atomic E-state index is 4.85. The predicted octanol–water partition coefficient (Wildman–Crippen LogP) is 16.5. The van der Waals surface area contributed by atoms with Gasteiger partial charge in [0.25, 0.3) is 0 Å². The third-order valence-corrected chi connectivity index (χ3v) is 11.9. The van der Waals surface area contributed by atoms with Gasteiger partial charge in [-0.1, -0.05) is 94.4 Å². The van der Waals surface area contributed by atoms with Crippen LogP contribution in [0.25, 0.3) is 0 Å². The van der Waals surface area contributed by atoms with Gasteiger partial charge < -0.3 is 13.8 Å². The van der Waals surface area contributed by atoms with Crippen molar-refractivity contribution in [1.29, 1.82) is 0 Å². The molecule has 3 N–H and O–H groups in total. The fraction of sp³-hybridized carbons (Fsp3) is 0.484. The van der Waals surface area contributed by atoms with Crippen molar-refractivity contribution >= 4 is 45.7 Å². The molecule has 0 aliphatic heterocycles. The molecule has 0 aliphatic carbocycles. The zero-order chi connectivity index (χ0) is 70.8. The minimum atomic E-state index is 0.877. The van der Waals surface area contributed by atoms with E-state index in [1.807, 2.05) is 216 Å². The van der Waals surface area contributed by atoms with Gasteiger partial charge in [0.1, 0.15) is 33.2 Å². The summed E-state index contributed by atoms with van der Waals surface area (Å²) in [6.07, 6.45) is 18.2. The van der Waals surface area contributed by atoms with Crippen LogP contribution in [-0.2, 0) is 14.1 Å². The number of hydrogen-bond donors (Lipinski definition) is 3. The summed E-state index contributed by atoms with van der Waals surface area (Å²) in [6.45, 7) is 55.2. The highest BCUT2D eigenvalue weighted by Gasteiger charge is 1.93. The number of H-pyrrole nitrogens is 3. The lowest BCUT2D eigenvalue weighted by Crippen LogP contribution is -1.89. The highest BCUT2D eigenvalue weighted by molar-refractivity contribution is 7.10. The van der Waals surface area contributed by atoms with Crippen LogP contribution in [-0.4, -0.2) is 114 Å². The normalized spacial score (nSPS) is 8.33. The molecule has 91 heavy (non-hydrogen) atoms. The zero-order valence-corrected chi connectivity index (χ0v) is 63.4. The Balaban J connectivity index is -0.000000213. The molecule has 0 aromatic carbocycles. The van der Waals surface area contributed by atoms with Gasteiger partial charge in [-0.15, -0.1) is 27.8 Å². The number of hydrogen-bond acceptors (Lipinski definition) is 24. The van der Waals surface area contributed by atoms with Crippen molar-refractivity contribution in [2.45, 2.75) is 194 Å². The summed E-state index contributed by atoms with van der Waals surface area (Å²) in [5.74, 6) is 3.56. The molecule has 0 amide bonds. The second-order valence-corrected chi connectivity index (χ2v) is 19.8. The summed E-state index contributed by atoms with van der Waals surface area (Å²) in [5.41, 5.74) is 12.0. The van der Waals surface area contributed by atoms with Crippen molar-refractivity contribution in [3.8, 4) is 0 Å². The Morgan fingerprint density at radius 2 is 0.890 bits per heavy atom. The van der Waals surface area contributed by atoms with E-state index in [0.29, 0.717) is 0 Å². The Hall–Kier alpha value is -8.28. The molecule has 0 aliphatic rings. The smallest absolute Gasteiger partial charge is 0.181 e. The molecule has 0 saturated heterocycles. The highest BCUT2D eigenvalue weighted by atomic mass is 32.1. The van der Waals surface area contributed by atoms with E-state index >= 15 is 0 Å². The number of pyridine rings is 1. The van der Waals surface area contributed by atoms with Gasteiger partial charge in [-0.25, -0.2) is 34.9 Å². The molecule has 0 spiro atoms. The van der Waals surface area contributed by atoms with Gasteiger partial charge in [0.05, 0.1) is 82.5 Å². The van der Waals surface area contributed by atoms with Crippen LogP contribution in [0.1, 0.15) is 172 Å². The fourth-order valence-electron chi connectivity index (χ4n) is 4.09. The van der Waals surface area contributed by atoms with E-state index < -0.39 is 0 Å². The summed E-state index contributed by atoms with van der Waals surface area (Å²) < 4.78 is 19.2. The topological polar surface area (TPSA) is 316 Å². The van der Waals surface area contributed by atoms with Crippen LogP contribution in [0, 0.1) is 111 Å². The lowest BCUT2D eigenvalue weighted by Gasteiger charge is -1.82. The summed E-state index contributed by atoms with van der Waals surface area (Å²) >= 11 is 6.27. The molecular weight excluding hydrogens is 1230 g/mol. The first kappa shape index (κ1) is 93.9. The molecule has 0 fully saturated rings. The number of aryl methyl sites for hydroxylation is 18. The summed E-state index contributed by atoms with van der Waals surface area (Å²) in [7, 11) is 3.60. The van der Waals surface area contributed by atoms with E-state index in [1.54, 1.807) is 90.3 Å². The first-order valence-corrected chi connectivity index (χ1v) is 33.1. The number of thiazole rings is 2. The SMILES string of the molecule is CC.CC.CC.CC.CC.CC.Cc1ccccn1.Cc1cn[nH]n1.Cc1cn[nH]n1.Cc1cnc[nH]1.Cc1ncoc1C.Cc1ncoc1C.Cc1ncsc1C.Cc1ncsc1C.Cc1nsc(C)n1.Cc1nsc(C)n1.Cn1ccnn1.Cn1nccn1. The van der Waals surface area contributed by atoms with Crippen LogP contribution in [0.2, 0.25) is 0 Å². The number of nitrogens with one attached hydrogen (secondary N) is 3. The maximum absolute atomic E-state index is 4.85. The number of imidazole rings is 1. The summed E-state index contributed by atoms with van der Waals surface area (Å²) in [6, 6.07) is 5.86. The zero-order valence-electron chi connectivity index (χ0n) is 60.1. The summed E-state index contributed by atoms with van der Waals surface area (Å²) in [5, 5.41) is 36.0.